The van der Waals surface area contributed by atoms with Crippen LogP contribution in [0.5, 0.6) is 0 Å². The van der Waals surface area contributed by atoms with E-state index in [1.165, 1.54) is 60.5 Å². The number of halogens is 1. The summed E-state index contributed by atoms with van der Waals surface area (Å²) >= 11 is 2.42. The van der Waals surface area contributed by atoms with Gasteiger partial charge in [-0.15, -0.1) is 21.5 Å². The third-order valence-corrected chi connectivity index (χ3v) is 5.62. The van der Waals surface area contributed by atoms with Crippen molar-refractivity contribution in [3.63, 3.8) is 0 Å². The van der Waals surface area contributed by atoms with E-state index in [2.05, 4.69) is 34.3 Å². The molecule has 31 heavy (non-hydrogen) atoms. The lowest BCUT2D eigenvalue weighted by molar-refractivity contribution is -0.119. The summed E-state index contributed by atoms with van der Waals surface area (Å²) in [5.41, 5.74) is 0.896. The minimum absolute atomic E-state index is 0.0773. The van der Waals surface area contributed by atoms with Gasteiger partial charge < -0.3 is 4.74 Å². The van der Waals surface area contributed by atoms with Crippen LogP contribution in [0.2, 0.25) is 0 Å². The zero-order chi connectivity index (χ0) is 22.8. The Morgan fingerprint density at radius 2 is 1.84 bits per heavy atom. The van der Waals surface area contributed by atoms with Crippen molar-refractivity contribution < 1.29 is 18.7 Å². The largest absolute Gasteiger partial charge is 0.375 e. The maximum absolute atomic E-state index is 13.0. The number of carbonyl (C=O) groups is 2. The van der Waals surface area contributed by atoms with Gasteiger partial charge in [-0.25, -0.2) is 9.37 Å². The molecule has 0 saturated carbocycles. The number of ether oxygens (including phenoxy) is 1. The highest BCUT2D eigenvalue weighted by molar-refractivity contribution is 7.19. The van der Waals surface area contributed by atoms with Crippen LogP contribution in [0.1, 0.15) is 37.0 Å². The number of aromatic nitrogens is 3. The molecule has 2 aromatic heterocycles. The Labute approximate surface area is 188 Å². The molecule has 0 aliphatic rings. The second-order valence-corrected chi connectivity index (χ2v) is 8.09. The quantitative estimate of drug-likeness (QED) is 0.553. The Morgan fingerprint density at radius 1 is 1.16 bits per heavy atom. The topological polar surface area (TPSA) is 97.3 Å². The van der Waals surface area contributed by atoms with Crippen LogP contribution in [0.25, 0.3) is 10.7 Å². The number of hydrogen-bond donors (Lipinski definition) is 1. The van der Waals surface area contributed by atoms with E-state index in [4.69, 9.17) is 4.74 Å². The predicted octanol–water partition coefficient (Wildman–Crippen LogP) is 4.47. The third kappa shape index (κ3) is 7.16. The van der Waals surface area contributed by atoms with Gasteiger partial charge in [0, 0.05) is 25.1 Å². The smallest absolute Gasteiger partial charge is 0.259 e. The van der Waals surface area contributed by atoms with Gasteiger partial charge >= 0.3 is 0 Å². The van der Waals surface area contributed by atoms with Crippen molar-refractivity contribution in [2.75, 3.05) is 31.0 Å². The van der Waals surface area contributed by atoms with Crippen molar-refractivity contribution in [1.82, 2.24) is 15.2 Å². The van der Waals surface area contributed by atoms with E-state index in [0.717, 1.165) is 11.3 Å². The lowest BCUT2D eigenvalue weighted by Crippen LogP contribution is -2.26. The number of carbonyl (C=O) groups excluding carboxylic acids is 2. The minimum Gasteiger partial charge on any atom is -0.375 e. The highest BCUT2D eigenvalue weighted by atomic mass is 32.1. The Hall–Kier alpha value is -2.76. The first kappa shape index (κ1) is 24.5. The van der Waals surface area contributed by atoms with Gasteiger partial charge in [-0.1, -0.05) is 38.0 Å². The second kappa shape index (κ2) is 12.2. The molecule has 0 fully saturated rings. The van der Waals surface area contributed by atoms with E-state index in [9.17, 15) is 14.0 Å². The Balaban J connectivity index is 0.000000785. The van der Waals surface area contributed by atoms with E-state index >= 15 is 0 Å². The standard InChI is InChI=1S/C16H14FN5O3S2.C4H10/c1-22(14(24)9-3-5-10(17)6-4-9)16-18-11(8-26-16)13-20-21-15(27-13)19-12(23)7-25-2;1-3-4-2/h3-6,8H,7H2,1-2H3,(H,19,21,23);3-4H2,1-2H3. The fraction of sp³-hybridized carbons (Fsp3) is 0.350. The van der Waals surface area contributed by atoms with Gasteiger partial charge in [0.15, 0.2) is 10.1 Å². The molecule has 166 valence electrons. The monoisotopic (exact) mass is 465 g/mol. The van der Waals surface area contributed by atoms with Crippen LogP contribution < -0.4 is 10.2 Å². The molecule has 0 spiro atoms. The summed E-state index contributed by atoms with van der Waals surface area (Å²) < 4.78 is 17.7. The third-order valence-electron chi connectivity index (χ3n) is 3.84. The molecular formula is C20H24FN5O3S2. The van der Waals surface area contributed by atoms with Gasteiger partial charge in [-0.05, 0) is 24.3 Å². The number of nitrogens with zero attached hydrogens (tertiary/aromatic N) is 4. The molecule has 1 aromatic carbocycles. The van der Waals surface area contributed by atoms with E-state index in [1.807, 2.05) is 0 Å². The van der Waals surface area contributed by atoms with Gasteiger partial charge in [0.1, 0.15) is 18.1 Å². The Kier molecular flexibility index (Phi) is 9.63. The van der Waals surface area contributed by atoms with Crippen molar-refractivity contribution in [2.24, 2.45) is 0 Å². The van der Waals surface area contributed by atoms with Gasteiger partial charge in [-0.2, -0.15) is 0 Å². The fourth-order valence-electron chi connectivity index (χ4n) is 2.05. The van der Waals surface area contributed by atoms with Crippen molar-refractivity contribution in [2.45, 2.75) is 26.7 Å². The van der Waals surface area contributed by atoms with Crippen molar-refractivity contribution in [3.8, 4) is 10.7 Å². The van der Waals surface area contributed by atoms with Crippen LogP contribution in [-0.4, -0.2) is 47.8 Å². The number of hydrogen-bond acceptors (Lipinski definition) is 8. The molecule has 0 bridgehead atoms. The number of unbranched alkanes of at least 4 members (excludes halogenated alkanes) is 1. The van der Waals surface area contributed by atoms with E-state index < -0.39 is 5.82 Å². The fourth-order valence-corrected chi connectivity index (χ4v) is 3.62. The number of methoxy groups -OCH3 is 1. The summed E-state index contributed by atoms with van der Waals surface area (Å²) in [6.45, 7) is 4.28. The summed E-state index contributed by atoms with van der Waals surface area (Å²) in [7, 11) is 3.01. The van der Waals surface area contributed by atoms with E-state index in [-0.39, 0.29) is 18.4 Å². The lowest BCUT2D eigenvalue weighted by Gasteiger charge is -2.13. The second-order valence-electron chi connectivity index (χ2n) is 6.28. The number of nitrogens with one attached hydrogen (secondary N) is 1. The van der Waals surface area contributed by atoms with Crippen LogP contribution >= 0.6 is 22.7 Å². The normalized spacial score (nSPS) is 10.2. The molecule has 0 radical (unpaired) electrons. The molecule has 0 aliphatic carbocycles. The molecule has 11 heteroatoms. The number of benzene rings is 1. The predicted molar refractivity (Wildman–Crippen MR) is 121 cm³/mol. The molecular weight excluding hydrogens is 441 g/mol. The average molecular weight is 466 g/mol. The minimum atomic E-state index is -0.407. The molecule has 0 unspecified atom stereocenters. The summed E-state index contributed by atoms with van der Waals surface area (Å²) in [6.07, 6.45) is 2.64. The molecule has 3 aromatic rings. The number of amides is 2. The molecule has 0 saturated heterocycles. The number of anilines is 2. The van der Waals surface area contributed by atoms with Crippen molar-refractivity contribution in [3.05, 3.63) is 41.0 Å². The van der Waals surface area contributed by atoms with Crippen LogP contribution in [0.15, 0.2) is 29.6 Å². The lowest BCUT2D eigenvalue weighted by atomic mass is 10.2. The average Bonchev–Trinajstić information content (AvgIpc) is 3.43. The number of thiazole rings is 1. The summed E-state index contributed by atoms with van der Waals surface area (Å²) in [6, 6.07) is 5.30. The maximum Gasteiger partial charge on any atom is 0.259 e. The van der Waals surface area contributed by atoms with Crippen LogP contribution in [0.3, 0.4) is 0 Å². The van der Waals surface area contributed by atoms with Crippen LogP contribution in [0, 0.1) is 5.82 Å². The van der Waals surface area contributed by atoms with Gasteiger partial charge in [0.25, 0.3) is 11.8 Å². The molecule has 0 aliphatic heterocycles. The molecule has 2 amide bonds. The van der Waals surface area contributed by atoms with Crippen LogP contribution in [0.4, 0.5) is 14.7 Å². The van der Waals surface area contributed by atoms with Gasteiger partial charge in [-0.3, -0.25) is 19.8 Å². The summed E-state index contributed by atoms with van der Waals surface area (Å²) in [5, 5.41) is 13.5. The SMILES string of the molecule is CCCC.COCC(=O)Nc1nnc(-c2csc(N(C)C(=O)c3ccc(F)cc3)n2)s1. The molecule has 2 heterocycles. The molecule has 0 atom stereocenters. The zero-order valence-corrected chi connectivity index (χ0v) is 19.3. The molecule has 8 nitrogen and oxygen atoms in total. The zero-order valence-electron chi connectivity index (χ0n) is 17.7. The maximum atomic E-state index is 13.0. The molecule has 1 N–H and O–H groups in total. The number of rotatable bonds is 7. The first-order valence-corrected chi connectivity index (χ1v) is 11.2. The van der Waals surface area contributed by atoms with E-state index in [1.54, 1.807) is 12.4 Å². The summed E-state index contributed by atoms with van der Waals surface area (Å²) in [5.74, 6) is -1.04. The highest BCUT2D eigenvalue weighted by Gasteiger charge is 2.19. The van der Waals surface area contributed by atoms with Crippen molar-refractivity contribution >= 4 is 44.8 Å². The highest BCUT2D eigenvalue weighted by Crippen LogP contribution is 2.31. The van der Waals surface area contributed by atoms with Crippen molar-refractivity contribution in [1.29, 1.82) is 0 Å². The van der Waals surface area contributed by atoms with Crippen LogP contribution in [-0.2, 0) is 9.53 Å². The Bertz CT molecular complexity index is 989. The van der Waals surface area contributed by atoms with Gasteiger partial charge in [0.05, 0.1) is 0 Å². The first-order valence-electron chi connectivity index (χ1n) is 9.51. The van der Waals surface area contributed by atoms with E-state index in [0.29, 0.717) is 26.5 Å². The van der Waals surface area contributed by atoms with Gasteiger partial charge in [0.2, 0.25) is 5.13 Å². The summed E-state index contributed by atoms with van der Waals surface area (Å²) in [4.78, 5) is 29.8. The molecule has 3 rings (SSSR count). The Morgan fingerprint density at radius 3 is 2.45 bits per heavy atom. The first-order chi connectivity index (χ1) is 14.9.